The third-order valence-electron chi connectivity index (χ3n) is 4.26. The number of hydrogen-bond acceptors (Lipinski definition) is 4. The Kier molecular flexibility index (Phi) is 5.28. The minimum Gasteiger partial charge on any atom is -0.465 e. The van der Waals surface area contributed by atoms with E-state index in [0.717, 1.165) is 38.6 Å². The van der Waals surface area contributed by atoms with Crippen molar-refractivity contribution in [3.63, 3.8) is 0 Å². The lowest BCUT2D eigenvalue weighted by molar-refractivity contribution is 0.0522. The number of hydrogen-bond donors (Lipinski definition) is 0. The Hall–Kier alpha value is -2.95. The second-order valence-electron chi connectivity index (χ2n) is 5.99. The van der Waals surface area contributed by atoms with Gasteiger partial charge in [0, 0.05) is 35.4 Å². The number of thiophene rings is 1. The van der Waals surface area contributed by atoms with E-state index in [9.17, 15) is 0 Å². The largest absolute Gasteiger partial charge is 0.465 e. The van der Waals surface area contributed by atoms with Crippen molar-refractivity contribution < 1.29 is 9.47 Å². The molecule has 134 valence electrons. The number of rotatable bonds is 6. The van der Waals surface area contributed by atoms with Gasteiger partial charge in [0.2, 0.25) is 0 Å². The molecule has 0 saturated heterocycles. The lowest BCUT2D eigenvalue weighted by Gasteiger charge is -2.12. The summed E-state index contributed by atoms with van der Waals surface area (Å²) in [4.78, 5) is 5.61. The highest BCUT2D eigenvalue weighted by Crippen LogP contribution is 2.46. The molecule has 2 heterocycles. The van der Waals surface area contributed by atoms with E-state index in [0.29, 0.717) is 0 Å². The summed E-state index contributed by atoms with van der Waals surface area (Å²) in [5.74, 6) is 0.844. The van der Waals surface area contributed by atoms with E-state index >= 15 is 0 Å². The Morgan fingerprint density at radius 3 is 2.30 bits per heavy atom. The summed E-state index contributed by atoms with van der Waals surface area (Å²) in [5.41, 5.74) is 5.33. The first kappa shape index (κ1) is 17.5. The minimum absolute atomic E-state index is 0.204. The first-order chi connectivity index (χ1) is 13.4. The maximum Gasteiger partial charge on any atom is 0.188 e. The van der Waals surface area contributed by atoms with Crippen LogP contribution in [0.5, 0.6) is 5.75 Å². The Balaban J connectivity index is 1.87. The summed E-state index contributed by atoms with van der Waals surface area (Å²) in [6.45, 7) is 0.204. The quantitative estimate of drug-likeness (QED) is 0.381. The summed E-state index contributed by atoms with van der Waals surface area (Å²) in [6.07, 6.45) is 1.82. The average Bonchev–Trinajstić information content (AvgIpc) is 3.17. The molecule has 0 saturated carbocycles. The zero-order chi connectivity index (χ0) is 18.5. The van der Waals surface area contributed by atoms with Crippen molar-refractivity contribution in [1.29, 1.82) is 0 Å². The van der Waals surface area contributed by atoms with Crippen LogP contribution in [0.2, 0.25) is 0 Å². The second-order valence-corrected chi connectivity index (χ2v) is 6.86. The Labute approximate surface area is 162 Å². The van der Waals surface area contributed by atoms with Crippen LogP contribution in [0, 0.1) is 0 Å². The fourth-order valence-electron chi connectivity index (χ4n) is 3.04. The maximum absolute atomic E-state index is 6.02. The van der Waals surface area contributed by atoms with Gasteiger partial charge in [-0.15, -0.1) is 11.3 Å². The molecule has 2 aromatic heterocycles. The monoisotopic (exact) mass is 373 g/mol. The first-order valence-corrected chi connectivity index (χ1v) is 9.56. The molecule has 0 radical (unpaired) electrons. The molecule has 0 atom stereocenters. The van der Waals surface area contributed by atoms with E-state index < -0.39 is 0 Å². The van der Waals surface area contributed by atoms with Gasteiger partial charge in [0.05, 0.1) is 10.6 Å². The fourth-order valence-corrected chi connectivity index (χ4v) is 4.10. The van der Waals surface area contributed by atoms with Gasteiger partial charge in [-0.05, 0) is 17.7 Å². The van der Waals surface area contributed by atoms with Crippen LogP contribution in [0.1, 0.15) is 0 Å². The molecule has 0 fully saturated rings. The van der Waals surface area contributed by atoms with Gasteiger partial charge in [0.1, 0.15) is 5.75 Å². The van der Waals surface area contributed by atoms with Crippen LogP contribution < -0.4 is 4.74 Å². The summed E-state index contributed by atoms with van der Waals surface area (Å²) < 4.78 is 11.2. The molecular weight excluding hydrogens is 354 g/mol. The number of methoxy groups -OCH3 is 1. The zero-order valence-electron chi connectivity index (χ0n) is 15.0. The molecule has 0 spiro atoms. The lowest BCUT2D eigenvalue weighted by atomic mass is 10.0. The predicted octanol–water partition coefficient (Wildman–Crippen LogP) is 6.13. The molecule has 27 heavy (non-hydrogen) atoms. The smallest absolute Gasteiger partial charge is 0.188 e. The lowest BCUT2D eigenvalue weighted by Crippen LogP contribution is -2.00. The summed E-state index contributed by atoms with van der Waals surface area (Å²) in [5, 5.41) is 2.14. The summed E-state index contributed by atoms with van der Waals surface area (Å²) >= 11 is 1.68. The van der Waals surface area contributed by atoms with Crippen LogP contribution >= 0.6 is 11.3 Å². The molecule has 0 aliphatic heterocycles. The van der Waals surface area contributed by atoms with Crippen LogP contribution in [0.15, 0.2) is 84.4 Å². The first-order valence-electron chi connectivity index (χ1n) is 8.68. The highest BCUT2D eigenvalue weighted by molar-refractivity contribution is 7.14. The van der Waals surface area contributed by atoms with Crippen LogP contribution in [0.3, 0.4) is 0 Å². The third kappa shape index (κ3) is 3.63. The van der Waals surface area contributed by atoms with Gasteiger partial charge in [0.15, 0.2) is 6.79 Å². The topological polar surface area (TPSA) is 31.4 Å². The molecule has 4 heteroatoms. The molecule has 3 nitrogen and oxygen atoms in total. The molecular formula is C23H19NO2S. The van der Waals surface area contributed by atoms with E-state index in [-0.39, 0.29) is 6.79 Å². The Morgan fingerprint density at radius 1 is 0.815 bits per heavy atom. The number of benzene rings is 2. The van der Waals surface area contributed by atoms with E-state index in [1.54, 1.807) is 18.4 Å². The molecule has 4 rings (SSSR count). The van der Waals surface area contributed by atoms with Gasteiger partial charge in [-0.1, -0.05) is 60.7 Å². The van der Waals surface area contributed by atoms with Crippen LogP contribution in [-0.4, -0.2) is 18.9 Å². The van der Waals surface area contributed by atoms with Crippen molar-refractivity contribution in [2.45, 2.75) is 0 Å². The summed E-state index contributed by atoms with van der Waals surface area (Å²) in [6, 6.07) is 24.5. The second kappa shape index (κ2) is 8.16. The van der Waals surface area contributed by atoms with E-state index in [1.807, 2.05) is 54.7 Å². The highest BCUT2D eigenvalue weighted by Gasteiger charge is 2.19. The van der Waals surface area contributed by atoms with Crippen molar-refractivity contribution in [2.24, 2.45) is 0 Å². The Bertz CT molecular complexity index is 1010. The van der Waals surface area contributed by atoms with E-state index in [4.69, 9.17) is 9.47 Å². The standard InChI is InChI=1S/C23H19NO2S/c1-25-16-26-22-20(17-9-3-2-4-10-17)15-27-23(22)19-12-6-5-11-18(19)21-13-7-8-14-24-21/h2-15H,16H2,1H3. The minimum atomic E-state index is 0.204. The normalized spacial score (nSPS) is 10.7. The molecule has 2 aromatic carbocycles. The van der Waals surface area contributed by atoms with Gasteiger partial charge >= 0.3 is 0 Å². The number of aromatic nitrogens is 1. The number of ether oxygens (including phenoxy) is 2. The molecule has 0 bridgehead atoms. The van der Waals surface area contributed by atoms with Gasteiger partial charge in [-0.2, -0.15) is 0 Å². The summed E-state index contributed by atoms with van der Waals surface area (Å²) in [7, 11) is 1.63. The molecule has 0 amide bonds. The van der Waals surface area contributed by atoms with Crippen LogP contribution in [-0.2, 0) is 4.74 Å². The van der Waals surface area contributed by atoms with E-state index in [1.165, 1.54) is 0 Å². The molecule has 0 N–H and O–H groups in total. The van der Waals surface area contributed by atoms with Crippen molar-refractivity contribution >= 4 is 11.3 Å². The van der Waals surface area contributed by atoms with E-state index in [2.05, 4.69) is 34.6 Å². The molecule has 0 aliphatic rings. The highest BCUT2D eigenvalue weighted by atomic mass is 32.1. The van der Waals surface area contributed by atoms with Crippen molar-refractivity contribution in [2.75, 3.05) is 13.9 Å². The molecule has 0 aliphatic carbocycles. The van der Waals surface area contributed by atoms with Crippen molar-refractivity contribution in [3.05, 3.63) is 84.4 Å². The van der Waals surface area contributed by atoms with Gasteiger partial charge in [0.25, 0.3) is 0 Å². The van der Waals surface area contributed by atoms with Gasteiger partial charge in [-0.25, -0.2) is 0 Å². The molecule has 4 aromatic rings. The van der Waals surface area contributed by atoms with Crippen LogP contribution in [0.4, 0.5) is 0 Å². The van der Waals surface area contributed by atoms with Gasteiger partial charge < -0.3 is 9.47 Å². The number of pyridine rings is 1. The fraction of sp³-hybridized carbons (Fsp3) is 0.0870. The maximum atomic E-state index is 6.02. The Morgan fingerprint density at radius 2 is 1.56 bits per heavy atom. The SMILES string of the molecule is COCOc1c(-c2ccccc2)csc1-c1ccccc1-c1ccccn1. The van der Waals surface area contributed by atoms with Gasteiger partial charge in [-0.3, -0.25) is 4.98 Å². The molecule has 0 unspecified atom stereocenters. The predicted molar refractivity (Wildman–Crippen MR) is 111 cm³/mol. The number of nitrogens with zero attached hydrogens (tertiary/aromatic N) is 1. The average molecular weight is 373 g/mol. The third-order valence-corrected chi connectivity index (χ3v) is 5.26. The van der Waals surface area contributed by atoms with Crippen LogP contribution in [0.25, 0.3) is 32.8 Å². The van der Waals surface area contributed by atoms with Crippen molar-refractivity contribution in [1.82, 2.24) is 4.98 Å². The zero-order valence-corrected chi connectivity index (χ0v) is 15.8. The van der Waals surface area contributed by atoms with Crippen molar-refractivity contribution in [3.8, 4) is 38.6 Å².